The van der Waals surface area contributed by atoms with Gasteiger partial charge in [0.2, 0.25) is 0 Å². The SMILES string of the molecule is Cc1ccc(C2=Cc3ccccc3C3N(C)C(=O)c4ccccc4N23)cc1. The van der Waals surface area contributed by atoms with Crippen LogP contribution in [0.1, 0.15) is 38.8 Å². The first-order chi connectivity index (χ1) is 13.1. The van der Waals surface area contributed by atoms with Gasteiger partial charge in [0.25, 0.3) is 5.91 Å². The van der Waals surface area contributed by atoms with Crippen LogP contribution in [0.4, 0.5) is 5.69 Å². The van der Waals surface area contributed by atoms with Crippen molar-refractivity contribution in [3.63, 3.8) is 0 Å². The highest BCUT2D eigenvalue weighted by Gasteiger charge is 2.40. The fourth-order valence-electron chi connectivity index (χ4n) is 4.12. The van der Waals surface area contributed by atoms with Crippen molar-refractivity contribution in [2.75, 3.05) is 11.9 Å². The van der Waals surface area contributed by atoms with E-state index in [1.54, 1.807) is 0 Å². The van der Waals surface area contributed by atoms with E-state index in [4.69, 9.17) is 0 Å². The molecule has 3 aromatic rings. The van der Waals surface area contributed by atoms with Gasteiger partial charge in [0.1, 0.15) is 6.17 Å². The summed E-state index contributed by atoms with van der Waals surface area (Å²) in [7, 11) is 1.89. The Bertz CT molecular complexity index is 1080. The number of amides is 1. The highest BCUT2D eigenvalue weighted by Crippen LogP contribution is 2.47. The molecule has 0 bridgehead atoms. The Labute approximate surface area is 159 Å². The van der Waals surface area contributed by atoms with Crippen LogP contribution in [0.3, 0.4) is 0 Å². The molecule has 0 radical (unpaired) electrons. The zero-order chi connectivity index (χ0) is 18.5. The molecule has 3 aromatic carbocycles. The lowest BCUT2D eigenvalue weighted by Crippen LogP contribution is -2.48. The van der Waals surface area contributed by atoms with Gasteiger partial charge in [0, 0.05) is 12.6 Å². The van der Waals surface area contributed by atoms with Crippen LogP contribution in [-0.4, -0.2) is 17.9 Å². The smallest absolute Gasteiger partial charge is 0.257 e. The molecule has 1 unspecified atom stereocenters. The van der Waals surface area contributed by atoms with E-state index in [1.807, 2.05) is 42.3 Å². The summed E-state index contributed by atoms with van der Waals surface area (Å²) in [6, 6.07) is 24.8. The molecule has 0 fully saturated rings. The van der Waals surface area contributed by atoms with Crippen molar-refractivity contribution < 1.29 is 4.79 Å². The molecule has 132 valence electrons. The van der Waals surface area contributed by atoms with Crippen LogP contribution >= 0.6 is 0 Å². The summed E-state index contributed by atoms with van der Waals surface area (Å²) in [5.74, 6) is 0.0619. The summed E-state index contributed by atoms with van der Waals surface area (Å²) in [5.41, 5.74) is 7.52. The first kappa shape index (κ1) is 15.9. The molecule has 2 aliphatic heterocycles. The number of anilines is 1. The van der Waals surface area contributed by atoms with Crippen molar-refractivity contribution in [2.45, 2.75) is 13.1 Å². The third-order valence-corrected chi connectivity index (χ3v) is 5.50. The number of aryl methyl sites for hydroxylation is 1. The molecular weight excluding hydrogens is 332 g/mol. The number of hydrogen-bond acceptors (Lipinski definition) is 2. The number of fused-ring (bicyclic) bond motifs is 5. The van der Waals surface area contributed by atoms with E-state index in [-0.39, 0.29) is 12.1 Å². The van der Waals surface area contributed by atoms with Crippen LogP contribution < -0.4 is 4.90 Å². The topological polar surface area (TPSA) is 23.6 Å². The molecule has 3 nitrogen and oxygen atoms in total. The predicted molar refractivity (Wildman–Crippen MR) is 109 cm³/mol. The maximum absolute atomic E-state index is 13.0. The number of carbonyl (C=O) groups excluding carboxylic acids is 1. The molecule has 0 N–H and O–H groups in total. The van der Waals surface area contributed by atoms with Gasteiger partial charge in [-0.15, -0.1) is 0 Å². The van der Waals surface area contributed by atoms with Crippen LogP contribution in [0, 0.1) is 6.92 Å². The Kier molecular flexibility index (Phi) is 3.44. The summed E-state index contributed by atoms with van der Waals surface area (Å²) in [4.78, 5) is 17.2. The number of nitrogens with zero attached hydrogens (tertiary/aromatic N) is 2. The quantitative estimate of drug-likeness (QED) is 0.608. The van der Waals surface area contributed by atoms with Gasteiger partial charge in [-0.2, -0.15) is 0 Å². The third kappa shape index (κ3) is 2.32. The molecule has 0 saturated carbocycles. The van der Waals surface area contributed by atoms with Crippen molar-refractivity contribution in [3.05, 3.63) is 101 Å². The van der Waals surface area contributed by atoms with E-state index < -0.39 is 0 Å². The van der Waals surface area contributed by atoms with Gasteiger partial charge in [-0.1, -0.05) is 66.2 Å². The third-order valence-electron chi connectivity index (χ3n) is 5.50. The Morgan fingerprint density at radius 3 is 2.37 bits per heavy atom. The largest absolute Gasteiger partial charge is 0.317 e. The maximum atomic E-state index is 13.0. The molecule has 3 heteroatoms. The molecule has 0 saturated heterocycles. The van der Waals surface area contributed by atoms with Crippen molar-refractivity contribution in [3.8, 4) is 0 Å². The molecule has 1 atom stereocenters. The Morgan fingerprint density at radius 2 is 1.56 bits per heavy atom. The highest BCUT2D eigenvalue weighted by atomic mass is 16.2. The molecular formula is C24H20N2O. The molecule has 2 aliphatic rings. The van der Waals surface area contributed by atoms with Crippen LogP contribution in [0.25, 0.3) is 11.8 Å². The van der Waals surface area contributed by atoms with Gasteiger partial charge in [0.05, 0.1) is 16.9 Å². The van der Waals surface area contributed by atoms with Crippen LogP contribution in [0.5, 0.6) is 0 Å². The van der Waals surface area contributed by atoms with E-state index in [0.717, 1.165) is 33.6 Å². The van der Waals surface area contributed by atoms with Crippen molar-refractivity contribution in [2.24, 2.45) is 0 Å². The van der Waals surface area contributed by atoms with Gasteiger partial charge in [-0.25, -0.2) is 0 Å². The Hall–Kier alpha value is -3.33. The van der Waals surface area contributed by atoms with Crippen molar-refractivity contribution in [1.29, 1.82) is 0 Å². The maximum Gasteiger partial charge on any atom is 0.257 e. The lowest BCUT2D eigenvalue weighted by atomic mass is 9.91. The second kappa shape index (κ2) is 5.85. The Morgan fingerprint density at radius 1 is 0.852 bits per heavy atom. The minimum atomic E-state index is -0.148. The molecule has 0 spiro atoms. The van der Waals surface area contributed by atoms with E-state index in [1.165, 1.54) is 5.56 Å². The second-order valence-electron chi connectivity index (χ2n) is 7.20. The standard InChI is InChI=1S/C24H20N2O/c1-16-11-13-17(14-12-16)22-15-18-7-3-4-8-19(18)23-25(2)24(27)20-9-5-6-10-21(20)26(22)23/h3-15,23H,1-2H3. The van der Waals surface area contributed by atoms with Crippen LogP contribution in [0.15, 0.2) is 72.8 Å². The van der Waals surface area contributed by atoms with Gasteiger partial charge < -0.3 is 9.80 Å². The first-order valence-corrected chi connectivity index (χ1v) is 9.18. The first-order valence-electron chi connectivity index (χ1n) is 9.18. The van der Waals surface area contributed by atoms with E-state index in [2.05, 4.69) is 60.4 Å². The minimum absolute atomic E-state index is 0.0619. The van der Waals surface area contributed by atoms with Crippen molar-refractivity contribution >= 4 is 23.4 Å². The molecule has 1 amide bonds. The van der Waals surface area contributed by atoms with Gasteiger partial charge >= 0.3 is 0 Å². The summed E-state index contributed by atoms with van der Waals surface area (Å²) in [5, 5.41) is 0. The highest BCUT2D eigenvalue weighted by molar-refractivity contribution is 6.07. The van der Waals surface area contributed by atoms with Gasteiger partial charge in [-0.3, -0.25) is 4.79 Å². The molecule has 27 heavy (non-hydrogen) atoms. The van der Waals surface area contributed by atoms with E-state index in [9.17, 15) is 4.79 Å². The van der Waals surface area contributed by atoms with Crippen LogP contribution in [-0.2, 0) is 0 Å². The van der Waals surface area contributed by atoms with Gasteiger partial charge in [-0.05, 0) is 36.3 Å². The summed E-state index contributed by atoms with van der Waals surface area (Å²) in [6.45, 7) is 2.10. The number of benzene rings is 3. The number of hydrogen-bond donors (Lipinski definition) is 0. The lowest BCUT2D eigenvalue weighted by molar-refractivity contribution is 0.0716. The average Bonchev–Trinajstić information content (AvgIpc) is 2.71. The molecule has 0 aliphatic carbocycles. The van der Waals surface area contributed by atoms with Crippen molar-refractivity contribution in [1.82, 2.24) is 4.90 Å². The number of carbonyl (C=O) groups is 1. The number of para-hydroxylation sites is 1. The fourth-order valence-corrected chi connectivity index (χ4v) is 4.12. The van der Waals surface area contributed by atoms with Gasteiger partial charge in [0.15, 0.2) is 0 Å². The normalized spacial score (nSPS) is 17.8. The summed E-state index contributed by atoms with van der Waals surface area (Å²) in [6.07, 6.45) is 2.08. The molecule has 5 rings (SSSR count). The van der Waals surface area contributed by atoms with E-state index in [0.29, 0.717) is 0 Å². The predicted octanol–water partition coefficient (Wildman–Crippen LogP) is 5.10. The second-order valence-corrected chi connectivity index (χ2v) is 7.20. The number of rotatable bonds is 1. The van der Waals surface area contributed by atoms with E-state index >= 15 is 0 Å². The average molecular weight is 352 g/mol. The summed E-state index contributed by atoms with van der Waals surface area (Å²) < 4.78 is 0. The molecule has 0 aromatic heterocycles. The van der Waals surface area contributed by atoms with Crippen LogP contribution in [0.2, 0.25) is 0 Å². The lowest BCUT2D eigenvalue weighted by Gasteiger charge is -2.47. The fraction of sp³-hybridized carbons (Fsp3) is 0.125. The molecule has 2 heterocycles. The Balaban J connectivity index is 1.81. The minimum Gasteiger partial charge on any atom is -0.317 e. The zero-order valence-corrected chi connectivity index (χ0v) is 15.4. The zero-order valence-electron chi connectivity index (χ0n) is 15.4. The monoisotopic (exact) mass is 352 g/mol. The summed E-state index contributed by atoms with van der Waals surface area (Å²) >= 11 is 0.